The Labute approximate surface area is 137 Å². The number of benzene rings is 2. The normalized spacial score (nSPS) is 14.8. The Morgan fingerprint density at radius 2 is 1.67 bits per heavy atom. The van der Waals surface area contributed by atoms with E-state index in [1.165, 1.54) is 0 Å². The molecule has 1 atom stereocenters. The Hall–Kier alpha value is -2.76. The number of hydrogen-bond acceptors (Lipinski definition) is 3. The monoisotopic (exact) mass is 331 g/mol. The summed E-state index contributed by atoms with van der Waals surface area (Å²) in [5.74, 6) is -3.19. The van der Waals surface area contributed by atoms with Gasteiger partial charge in [-0.25, -0.2) is 13.6 Å². The molecule has 0 spiro atoms. The molecule has 1 N–H and O–H groups in total. The third-order valence-corrected chi connectivity index (χ3v) is 3.59. The molecular formula is C18H15F2NO3. The number of ether oxygens (including phenoxy) is 1. The predicted octanol–water partition coefficient (Wildman–Crippen LogP) is 3.14. The largest absolute Gasteiger partial charge is 0.444 e. The quantitative estimate of drug-likeness (QED) is 0.857. The maximum Gasteiger partial charge on any atom is 0.339 e. The van der Waals surface area contributed by atoms with Crippen LogP contribution in [0.5, 0.6) is 0 Å². The zero-order valence-electron chi connectivity index (χ0n) is 12.7. The number of rotatable bonds is 5. The highest BCUT2D eigenvalue weighted by Gasteiger charge is 2.31. The molecule has 4 nitrogen and oxygen atoms in total. The van der Waals surface area contributed by atoms with Crippen LogP contribution in [0.4, 0.5) is 8.78 Å². The van der Waals surface area contributed by atoms with E-state index in [4.69, 9.17) is 4.74 Å². The Bertz CT molecular complexity index is 740. The van der Waals surface area contributed by atoms with E-state index < -0.39 is 29.6 Å². The van der Waals surface area contributed by atoms with Gasteiger partial charge in [0, 0.05) is 17.7 Å². The van der Waals surface area contributed by atoms with Crippen molar-refractivity contribution in [2.75, 3.05) is 0 Å². The van der Waals surface area contributed by atoms with Gasteiger partial charge < -0.3 is 10.1 Å². The average Bonchev–Trinajstić information content (AvgIpc) is 3.36. The second-order valence-corrected chi connectivity index (χ2v) is 5.64. The minimum atomic E-state index is -1.18. The van der Waals surface area contributed by atoms with E-state index >= 15 is 0 Å². The van der Waals surface area contributed by atoms with Crippen LogP contribution in [0.3, 0.4) is 0 Å². The van der Waals surface area contributed by atoms with Crippen LogP contribution in [-0.2, 0) is 9.53 Å². The first-order valence-corrected chi connectivity index (χ1v) is 7.55. The van der Waals surface area contributed by atoms with Gasteiger partial charge in [0.15, 0.2) is 0 Å². The van der Waals surface area contributed by atoms with Crippen molar-refractivity contribution < 1.29 is 23.1 Å². The number of amides is 1. The lowest BCUT2D eigenvalue weighted by molar-refractivity contribution is -0.130. The Balaban J connectivity index is 1.82. The SMILES string of the molecule is O=C(OC(C(=O)NC1CC1)c1ccccc1)c1cc(F)cc(F)c1. The minimum Gasteiger partial charge on any atom is -0.444 e. The van der Waals surface area contributed by atoms with Crippen molar-refractivity contribution in [3.63, 3.8) is 0 Å². The van der Waals surface area contributed by atoms with Crippen LogP contribution < -0.4 is 5.32 Å². The van der Waals surface area contributed by atoms with Crippen LogP contribution >= 0.6 is 0 Å². The Kier molecular flexibility index (Phi) is 4.55. The van der Waals surface area contributed by atoms with Crippen LogP contribution in [0.1, 0.15) is 34.9 Å². The summed E-state index contributed by atoms with van der Waals surface area (Å²) in [6.07, 6.45) is 0.595. The molecule has 1 aliphatic carbocycles. The van der Waals surface area contributed by atoms with Gasteiger partial charge in [-0.05, 0) is 25.0 Å². The summed E-state index contributed by atoms with van der Waals surface area (Å²) >= 11 is 0. The van der Waals surface area contributed by atoms with Gasteiger partial charge in [-0.15, -0.1) is 0 Å². The highest BCUT2D eigenvalue weighted by molar-refractivity contribution is 5.92. The van der Waals surface area contributed by atoms with E-state index in [9.17, 15) is 18.4 Å². The van der Waals surface area contributed by atoms with E-state index in [2.05, 4.69) is 5.32 Å². The number of carbonyl (C=O) groups is 2. The summed E-state index contributed by atoms with van der Waals surface area (Å²) in [5, 5.41) is 2.77. The lowest BCUT2D eigenvalue weighted by Gasteiger charge is -2.18. The van der Waals surface area contributed by atoms with Crippen LogP contribution in [0, 0.1) is 11.6 Å². The minimum absolute atomic E-state index is 0.0917. The molecule has 0 aliphatic heterocycles. The maximum absolute atomic E-state index is 13.3. The third kappa shape index (κ3) is 3.95. The molecule has 1 fully saturated rings. The van der Waals surface area contributed by atoms with Crippen LogP contribution in [-0.4, -0.2) is 17.9 Å². The average molecular weight is 331 g/mol. The number of nitrogens with one attached hydrogen (secondary N) is 1. The summed E-state index contributed by atoms with van der Waals surface area (Å²) in [6.45, 7) is 0. The molecule has 1 unspecified atom stereocenters. The smallest absolute Gasteiger partial charge is 0.339 e. The van der Waals surface area contributed by atoms with Crippen molar-refractivity contribution >= 4 is 11.9 Å². The second-order valence-electron chi connectivity index (χ2n) is 5.64. The van der Waals surface area contributed by atoms with Gasteiger partial charge in [0.2, 0.25) is 6.10 Å². The van der Waals surface area contributed by atoms with E-state index in [1.807, 2.05) is 0 Å². The molecule has 24 heavy (non-hydrogen) atoms. The molecule has 0 radical (unpaired) electrons. The molecule has 3 rings (SSSR count). The van der Waals surface area contributed by atoms with E-state index in [0.29, 0.717) is 11.6 Å². The molecule has 1 amide bonds. The lowest BCUT2D eigenvalue weighted by Crippen LogP contribution is -2.33. The topological polar surface area (TPSA) is 55.4 Å². The molecule has 1 aliphatic rings. The van der Waals surface area contributed by atoms with Gasteiger partial charge >= 0.3 is 5.97 Å². The lowest BCUT2D eigenvalue weighted by atomic mass is 10.1. The molecule has 124 valence electrons. The first kappa shape index (κ1) is 16.1. The van der Waals surface area contributed by atoms with Crippen molar-refractivity contribution in [1.29, 1.82) is 0 Å². The first-order valence-electron chi connectivity index (χ1n) is 7.55. The molecule has 2 aromatic rings. The van der Waals surface area contributed by atoms with E-state index in [-0.39, 0.29) is 11.6 Å². The number of halogens is 2. The van der Waals surface area contributed by atoms with Gasteiger partial charge in [-0.1, -0.05) is 30.3 Å². The van der Waals surface area contributed by atoms with Crippen LogP contribution in [0.25, 0.3) is 0 Å². The molecule has 2 aromatic carbocycles. The molecule has 0 bridgehead atoms. The Morgan fingerprint density at radius 3 is 2.25 bits per heavy atom. The van der Waals surface area contributed by atoms with Gasteiger partial charge in [0.05, 0.1) is 5.56 Å². The third-order valence-electron chi connectivity index (χ3n) is 3.59. The van der Waals surface area contributed by atoms with Crippen molar-refractivity contribution in [2.24, 2.45) is 0 Å². The molecule has 1 saturated carbocycles. The highest BCUT2D eigenvalue weighted by atomic mass is 19.1. The second kappa shape index (κ2) is 6.78. The molecule has 0 aromatic heterocycles. The molecular weight excluding hydrogens is 316 g/mol. The number of hydrogen-bond donors (Lipinski definition) is 1. The van der Waals surface area contributed by atoms with Crippen molar-refractivity contribution in [3.8, 4) is 0 Å². The van der Waals surface area contributed by atoms with Gasteiger partial charge in [0.1, 0.15) is 11.6 Å². The van der Waals surface area contributed by atoms with Gasteiger partial charge in [-0.2, -0.15) is 0 Å². The predicted molar refractivity (Wildman–Crippen MR) is 82.1 cm³/mol. The first-order chi connectivity index (χ1) is 11.5. The zero-order chi connectivity index (χ0) is 17.1. The zero-order valence-corrected chi connectivity index (χ0v) is 12.7. The Morgan fingerprint density at radius 1 is 1.04 bits per heavy atom. The fourth-order valence-electron chi connectivity index (χ4n) is 2.25. The summed E-state index contributed by atoms with van der Waals surface area (Å²) in [7, 11) is 0. The number of carbonyl (C=O) groups excluding carboxylic acids is 2. The van der Waals surface area contributed by atoms with E-state index in [1.54, 1.807) is 30.3 Å². The maximum atomic E-state index is 13.3. The summed E-state index contributed by atoms with van der Waals surface area (Å²) in [4.78, 5) is 24.6. The highest BCUT2D eigenvalue weighted by Crippen LogP contribution is 2.24. The van der Waals surface area contributed by atoms with Crippen LogP contribution in [0.15, 0.2) is 48.5 Å². The summed E-state index contributed by atoms with van der Waals surface area (Å²) < 4.78 is 31.8. The standard InChI is InChI=1S/C18H15F2NO3/c19-13-8-12(9-14(20)10-13)18(23)24-16(11-4-2-1-3-5-11)17(22)21-15-6-7-15/h1-5,8-10,15-16H,6-7H2,(H,21,22). The van der Waals surface area contributed by atoms with Crippen molar-refractivity contribution in [2.45, 2.75) is 25.0 Å². The van der Waals surface area contributed by atoms with Crippen LogP contribution in [0.2, 0.25) is 0 Å². The fourth-order valence-corrected chi connectivity index (χ4v) is 2.25. The molecule has 6 heteroatoms. The summed E-state index contributed by atoms with van der Waals surface area (Å²) in [5.41, 5.74) is 0.202. The van der Waals surface area contributed by atoms with Crippen molar-refractivity contribution in [1.82, 2.24) is 5.32 Å². The molecule has 0 heterocycles. The van der Waals surface area contributed by atoms with Gasteiger partial charge in [0.25, 0.3) is 5.91 Å². The molecule has 0 saturated heterocycles. The fraction of sp³-hybridized carbons (Fsp3) is 0.222. The van der Waals surface area contributed by atoms with E-state index in [0.717, 1.165) is 25.0 Å². The number of esters is 1. The van der Waals surface area contributed by atoms with Gasteiger partial charge in [-0.3, -0.25) is 4.79 Å². The summed E-state index contributed by atoms with van der Waals surface area (Å²) in [6, 6.07) is 11.0. The van der Waals surface area contributed by atoms with Crippen molar-refractivity contribution in [3.05, 3.63) is 71.3 Å².